The molecular weight excluding hydrogens is 845 g/mol. The van der Waals surface area contributed by atoms with Crippen molar-refractivity contribution >= 4 is 34.6 Å². The number of alkyl carbamates (subject to hydrolysis) is 1. The molecule has 0 spiro atoms. The third-order valence-corrected chi connectivity index (χ3v) is 13.3. The number of aromatic nitrogens is 4. The van der Waals surface area contributed by atoms with Crippen LogP contribution in [-0.2, 0) is 23.9 Å². The van der Waals surface area contributed by atoms with Crippen LogP contribution in [-0.4, -0.2) is 93.0 Å². The lowest BCUT2D eigenvalue weighted by atomic mass is 9.95. The van der Waals surface area contributed by atoms with Gasteiger partial charge in [-0.25, -0.2) is 14.8 Å². The van der Waals surface area contributed by atoms with Crippen LogP contribution in [0.2, 0.25) is 0 Å². The molecule has 2 fully saturated rings. The first-order valence-corrected chi connectivity index (χ1v) is 23.7. The van der Waals surface area contributed by atoms with Crippen molar-refractivity contribution in [2.24, 2.45) is 11.8 Å². The molecule has 2 saturated heterocycles. The molecule has 2 aromatic heterocycles. The van der Waals surface area contributed by atoms with E-state index in [1.807, 2.05) is 80.2 Å². The summed E-state index contributed by atoms with van der Waals surface area (Å²) in [5.74, 6) is 1.12. The third kappa shape index (κ3) is 10.6. The smallest absolute Gasteiger partial charge is 0.407 e. The van der Waals surface area contributed by atoms with Crippen molar-refractivity contribution in [2.75, 3.05) is 33.4 Å². The molecule has 67 heavy (non-hydrogen) atoms. The van der Waals surface area contributed by atoms with E-state index in [0.717, 1.165) is 81.5 Å². The van der Waals surface area contributed by atoms with Crippen molar-refractivity contribution in [1.29, 1.82) is 0 Å². The normalized spacial score (nSPS) is 16.7. The van der Waals surface area contributed by atoms with Crippen molar-refractivity contribution in [1.82, 2.24) is 40.4 Å². The zero-order chi connectivity index (χ0) is 47.0. The molecule has 0 saturated carbocycles. The Labute approximate surface area is 392 Å². The molecule has 350 valence electrons. The van der Waals surface area contributed by atoms with E-state index < -0.39 is 18.2 Å². The maximum atomic E-state index is 14.4. The molecule has 0 unspecified atom stereocenters. The number of nitrogens with zero attached hydrogens (tertiary/aromatic N) is 4. The van der Waals surface area contributed by atoms with Gasteiger partial charge in [-0.15, -0.1) is 0 Å². The number of fused-ring (bicyclic) bond motifs is 1. The van der Waals surface area contributed by atoms with Crippen LogP contribution in [0.3, 0.4) is 0 Å². The van der Waals surface area contributed by atoms with E-state index in [2.05, 4.69) is 81.3 Å². The fourth-order valence-electron chi connectivity index (χ4n) is 9.56. The Balaban J connectivity index is 0.938. The SMILES string of the molecule is CC[C@@H](c1ncc(-c2ccc(-c3ccc4cc(-c5cnc([C@@H]6CCCN6C(=O)[C@@H](NC(=O)OC)C(C)C)[nH]5)ccc4c3)cc2)[nH]1)N(CC)C(=O)[C@H](NC(=O)CC1CCOCC1)c1ccccc1. The number of amides is 4. The summed E-state index contributed by atoms with van der Waals surface area (Å²) < 4.78 is 10.3. The van der Waals surface area contributed by atoms with E-state index in [4.69, 9.17) is 19.4 Å². The molecule has 8 rings (SSSR count). The molecule has 6 aromatic rings. The number of methoxy groups -OCH3 is 1. The second-order valence-electron chi connectivity index (χ2n) is 18.0. The molecule has 4 amide bonds. The highest BCUT2D eigenvalue weighted by molar-refractivity contribution is 5.91. The van der Waals surface area contributed by atoms with Crippen LogP contribution in [0.5, 0.6) is 0 Å². The molecular formula is C53H62N8O6. The molecule has 4 atom stereocenters. The van der Waals surface area contributed by atoms with Gasteiger partial charge in [0.2, 0.25) is 17.7 Å². The molecule has 0 bridgehead atoms. The lowest BCUT2D eigenvalue weighted by molar-refractivity contribution is -0.139. The van der Waals surface area contributed by atoms with Gasteiger partial charge in [0.25, 0.3) is 0 Å². The van der Waals surface area contributed by atoms with Crippen LogP contribution in [0.4, 0.5) is 4.79 Å². The summed E-state index contributed by atoms with van der Waals surface area (Å²) in [6.07, 6.45) is 7.33. The second-order valence-corrected chi connectivity index (χ2v) is 18.0. The second kappa shape index (κ2) is 21.2. The minimum absolute atomic E-state index is 0.109. The van der Waals surface area contributed by atoms with Gasteiger partial charge in [0.1, 0.15) is 23.7 Å². The number of rotatable bonds is 16. The monoisotopic (exact) mass is 906 g/mol. The standard InChI is InChI=1S/C53H62N8O6/c1-6-44(60(7-2)52(64)48(37-12-9-8-10-13-37)58-46(62)28-34-23-26-67-27-24-34)49-54-31-42(56-49)36-17-15-35(16-18-36)38-19-20-40-30-41(22-21-39(40)29-38)43-32-55-50(57-43)45-14-11-25-61(45)51(63)47(33(3)4)59-53(65)66-5/h8-10,12-13,15-22,29-34,44-45,47-48H,6-7,11,14,23-28H2,1-5H3,(H,54,56)(H,55,57)(H,58,62)(H,59,65)/t44-,45-,47-,48+/m0/s1. The number of nitrogens with one attached hydrogen (secondary N) is 4. The van der Waals surface area contributed by atoms with E-state index >= 15 is 0 Å². The Hall–Kier alpha value is -6.80. The summed E-state index contributed by atoms with van der Waals surface area (Å²) in [5.41, 5.74) is 6.59. The van der Waals surface area contributed by atoms with Gasteiger partial charge in [0, 0.05) is 38.3 Å². The Morgan fingerprint density at radius 1 is 0.806 bits per heavy atom. The van der Waals surface area contributed by atoms with Gasteiger partial charge in [0.15, 0.2) is 0 Å². The average Bonchev–Trinajstić information content (AvgIpc) is 4.17. The molecule has 0 radical (unpaired) electrons. The van der Waals surface area contributed by atoms with Crippen molar-refractivity contribution in [2.45, 2.75) is 90.4 Å². The number of carbonyl (C=O) groups excluding carboxylic acids is 4. The van der Waals surface area contributed by atoms with Crippen molar-refractivity contribution in [3.63, 3.8) is 0 Å². The van der Waals surface area contributed by atoms with Crippen molar-refractivity contribution in [3.8, 4) is 33.6 Å². The summed E-state index contributed by atoms with van der Waals surface area (Å²) in [6.45, 7) is 10.2. The quantitative estimate of drug-likeness (QED) is 0.0744. The van der Waals surface area contributed by atoms with E-state index in [-0.39, 0.29) is 41.6 Å². The molecule has 4 N–H and O–H groups in total. The first-order chi connectivity index (χ1) is 32.5. The van der Waals surface area contributed by atoms with Crippen LogP contribution in [0.25, 0.3) is 44.4 Å². The fraction of sp³-hybridized carbons (Fsp3) is 0.396. The van der Waals surface area contributed by atoms with E-state index in [9.17, 15) is 19.2 Å². The minimum atomic E-state index is -0.817. The number of hydrogen-bond donors (Lipinski definition) is 4. The van der Waals surface area contributed by atoms with Crippen molar-refractivity contribution in [3.05, 3.63) is 121 Å². The van der Waals surface area contributed by atoms with Crippen LogP contribution in [0.1, 0.15) is 102 Å². The Morgan fingerprint density at radius 2 is 1.46 bits per heavy atom. The number of likely N-dealkylation sites (tertiary alicyclic amines) is 1. The van der Waals surface area contributed by atoms with Crippen LogP contribution >= 0.6 is 0 Å². The highest BCUT2D eigenvalue weighted by atomic mass is 16.5. The summed E-state index contributed by atoms with van der Waals surface area (Å²) in [7, 11) is 1.29. The van der Waals surface area contributed by atoms with Gasteiger partial charge in [-0.05, 0) is 96.0 Å². The number of likely N-dealkylation sites (N-methyl/N-ethyl adjacent to an activating group) is 1. The van der Waals surface area contributed by atoms with Gasteiger partial charge in [-0.2, -0.15) is 0 Å². The number of ether oxygens (including phenoxy) is 2. The van der Waals surface area contributed by atoms with Gasteiger partial charge in [-0.3, -0.25) is 14.4 Å². The summed E-state index contributed by atoms with van der Waals surface area (Å²) in [5, 5.41) is 7.99. The molecule has 4 heterocycles. The van der Waals surface area contributed by atoms with Crippen LogP contribution in [0, 0.1) is 11.8 Å². The Bertz CT molecular complexity index is 2650. The van der Waals surface area contributed by atoms with Gasteiger partial charge in [0.05, 0.1) is 43.0 Å². The first-order valence-electron chi connectivity index (χ1n) is 23.7. The molecule has 2 aliphatic rings. The minimum Gasteiger partial charge on any atom is -0.453 e. The third-order valence-electron chi connectivity index (χ3n) is 13.3. The zero-order valence-corrected chi connectivity index (χ0v) is 39.1. The Kier molecular flexibility index (Phi) is 14.8. The number of imidazole rings is 2. The Morgan fingerprint density at radius 3 is 2.15 bits per heavy atom. The van der Waals surface area contributed by atoms with E-state index in [0.29, 0.717) is 45.0 Å². The highest BCUT2D eigenvalue weighted by Crippen LogP contribution is 2.35. The fourth-order valence-corrected chi connectivity index (χ4v) is 9.56. The average molecular weight is 907 g/mol. The van der Waals surface area contributed by atoms with E-state index in [1.165, 1.54) is 7.11 Å². The number of carbonyl (C=O) groups is 4. The lowest BCUT2D eigenvalue weighted by Crippen LogP contribution is -2.51. The number of aromatic amines is 2. The summed E-state index contributed by atoms with van der Waals surface area (Å²) in [4.78, 5) is 73.6. The first kappa shape index (κ1) is 46.7. The molecule has 14 heteroatoms. The van der Waals surface area contributed by atoms with E-state index in [1.54, 1.807) is 0 Å². The van der Waals surface area contributed by atoms with Gasteiger partial charge < -0.3 is 39.9 Å². The van der Waals surface area contributed by atoms with Crippen molar-refractivity contribution < 1.29 is 28.7 Å². The van der Waals surface area contributed by atoms with Crippen LogP contribution < -0.4 is 10.6 Å². The summed E-state index contributed by atoms with van der Waals surface area (Å²) in [6, 6.07) is 28.6. The maximum Gasteiger partial charge on any atom is 0.407 e. The topological polar surface area (TPSA) is 175 Å². The molecule has 4 aromatic carbocycles. The number of hydrogen-bond acceptors (Lipinski definition) is 8. The largest absolute Gasteiger partial charge is 0.453 e. The summed E-state index contributed by atoms with van der Waals surface area (Å²) >= 11 is 0. The number of H-pyrrole nitrogens is 2. The zero-order valence-electron chi connectivity index (χ0n) is 39.1. The maximum absolute atomic E-state index is 14.4. The predicted molar refractivity (Wildman–Crippen MR) is 258 cm³/mol. The molecule has 14 nitrogen and oxygen atoms in total. The predicted octanol–water partition coefficient (Wildman–Crippen LogP) is 9.30. The lowest BCUT2D eigenvalue weighted by Gasteiger charge is -2.33. The molecule has 0 aliphatic carbocycles. The van der Waals surface area contributed by atoms with Crippen LogP contribution in [0.15, 0.2) is 103 Å². The van der Waals surface area contributed by atoms with Gasteiger partial charge in [-0.1, -0.05) is 99.6 Å². The highest BCUT2D eigenvalue weighted by Gasteiger charge is 2.38. The molecule has 2 aliphatic heterocycles. The number of benzene rings is 4. The van der Waals surface area contributed by atoms with Gasteiger partial charge >= 0.3 is 6.09 Å².